The monoisotopic (exact) mass is 996 g/mol. The van der Waals surface area contributed by atoms with Gasteiger partial charge in [-0.15, -0.1) is 0 Å². The third-order valence-corrected chi connectivity index (χ3v) is 12.0. The van der Waals surface area contributed by atoms with Crippen molar-refractivity contribution in [2.45, 2.75) is 103 Å². The minimum absolute atomic E-state index is 0.000386. The van der Waals surface area contributed by atoms with Crippen molar-refractivity contribution in [2.24, 2.45) is 11.8 Å². The van der Waals surface area contributed by atoms with E-state index in [9.17, 15) is 33.6 Å². The molecule has 14 heteroatoms. The molecule has 5 aromatic rings. The van der Waals surface area contributed by atoms with E-state index in [0.717, 1.165) is 27.8 Å². The Labute approximate surface area is 428 Å². The number of ketones is 3. The van der Waals surface area contributed by atoms with Gasteiger partial charge in [-0.2, -0.15) is 0 Å². The molecule has 0 aliphatic heterocycles. The molecule has 0 saturated heterocycles. The largest absolute Gasteiger partial charge is 0.489 e. The van der Waals surface area contributed by atoms with Crippen LogP contribution in [0.15, 0.2) is 146 Å². The average molecular weight is 997 g/mol. The number of rotatable bonds is 34. The summed E-state index contributed by atoms with van der Waals surface area (Å²) in [6.45, 7) is 2.79. The molecule has 0 unspecified atom stereocenters. The number of benzene rings is 5. The van der Waals surface area contributed by atoms with Crippen LogP contribution in [0.25, 0.3) is 0 Å². The molecular weight excluding hydrogens is 929 g/mol. The van der Waals surface area contributed by atoms with Crippen molar-refractivity contribution in [2.75, 3.05) is 26.9 Å². The first-order valence-electron chi connectivity index (χ1n) is 24.9. The Morgan fingerprint density at radius 1 is 0.466 bits per heavy atom. The molecule has 0 radical (unpaired) electrons. The third kappa shape index (κ3) is 21.9. The quantitative estimate of drug-likeness (QED) is 0.0297. The second kappa shape index (κ2) is 31.9. The van der Waals surface area contributed by atoms with Crippen LogP contribution in [0.3, 0.4) is 0 Å². The topological polar surface area (TPSA) is 190 Å². The fraction of sp³-hybridized carbons (Fsp3) is 0.373. The van der Waals surface area contributed by atoms with Gasteiger partial charge in [-0.05, 0) is 79.0 Å². The van der Waals surface area contributed by atoms with Gasteiger partial charge in [-0.3, -0.25) is 28.8 Å². The third-order valence-electron chi connectivity index (χ3n) is 12.0. The summed E-state index contributed by atoms with van der Waals surface area (Å²) in [6.07, 6.45) is -0.554. The summed E-state index contributed by atoms with van der Waals surface area (Å²) < 4.78 is 27.5. The van der Waals surface area contributed by atoms with Crippen LogP contribution < -0.4 is 15.4 Å². The Morgan fingerprint density at radius 2 is 0.959 bits per heavy atom. The zero-order valence-electron chi connectivity index (χ0n) is 41.9. The molecule has 0 saturated carbocycles. The number of ether oxygens (including phenoxy) is 5. The molecule has 4 atom stereocenters. The Kier molecular flexibility index (Phi) is 24.8. The van der Waals surface area contributed by atoms with E-state index in [0.29, 0.717) is 32.0 Å². The van der Waals surface area contributed by atoms with Crippen molar-refractivity contribution < 1.29 is 57.2 Å². The first-order chi connectivity index (χ1) is 35.4. The van der Waals surface area contributed by atoms with Crippen molar-refractivity contribution in [3.05, 3.63) is 173 Å². The maximum Gasteiger partial charge on any atom is 0.306 e. The summed E-state index contributed by atoms with van der Waals surface area (Å²) in [4.78, 5) is 96.1. The SMILES string of the molecule is COCCOCCCC(=O)[C@@H](CCC(=O)OCc1ccccc1)NC(=O)[C@H](CCC(=O)OCc1ccccc1)CC(=O)[C@@H](Cc1ccccc1)NC(=O)[C@@H](CC(C)=O)Cc1ccc(OCc2ccccc2)cc1. The number of hydrogen-bond donors (Lipinski definition) is 2. The molecule has 0 bridgehead atoms. The van der Waals surface area contributed by atoms with Crippen molar-refractivity contribution in [1.29, 1.82) is 0 Å². The fourth-order valence-electron chi connectivity index (χ4n) is 7.99. The van der Waals surface area contributed by atoms with Gasteiger partial charge < -0.3 is 39.1 Å². The molecule has 0 spiro atoms. The van der Waals surface area contributed by atoms with Crippen LogP contribution >= 0.6 is 0 Å². The zero-order valence-corrected chi connectivity index (χ0v) is 41.9. The van der Waals surface area contributed by atoms with E-state index in [4.69, 9.17) is 23.7 Å². The van der Waals surface area contributed by atoms with Crippen LogP contribution in [-0.4, -0.2) is 80.1 Å². The minimum atomic E-state index is -1.17. The van der Waals surface area contributed by atoms with Gasteiger partial charge in [0.05, 0.1) is 25.3 Å². The maximum atomic E-state index is 14.7. The van der Waals surface area contributed by atoms with E-state index >= 15 is 0 Å². The molecule has 0 heterocycles. The standard InChI is InChI=1S/C59H68N2O12/c1-43(62)36-50(37-45-25-28-51(29-26-45)71-40-46-18-9-4-10-19-46)59(68)61-53(38-44-16-7-3-8-17-44)55(64)39-49(27-31-56(65)72-41-47-20-11-5-12-21-47)58(67)60-52(54(63)24-15-33-70-35-34-69-2)30-32-57(66)73-42-48-22-13-6-14-23-48/h3-14,16-23,25-26,28-29,49-50,52-53H,15,24,27,30-42H2,1-2H3,(H,60,67)(H,61,68)/t49-,50+,52-,53-/m1/s1. The molecule has 14 nitrogen and oxygen atoms in total. The molecular formula is C59H68N2O12. The summed E-state index contributed by atoms with van der Waals surface area (Å²) in [5.74, 6) is -4.82. The van der Waals surface area contributed by atoms with Crippen LogP contribution in [0.2, 0.25) is 0 Å². The second-order valence-electron chi connectivity index (χ2n) is 17.9. The molecule has 0 fully saturated rings. The lowest BCUT2D eigenvalue weighted by Crippen LogP contribution is -2.48. The number of methoxy groups -OCH3 is 1. The van der Waals surface area contributed by atoms with Gasteiger partial charge in [0.15, 0.2) is 11.6 Å². The van der Waals surface area contributed by atoms with E-state index in [2.05, 4.69) is 10.6 Å². The highest BCUT2D eigenvalue weighted by atomic mass is 16.5. The molecule has 386 valence electrons. The number of amides is 2. The van der Waals surface area contributed by atoms with Crippen molar-refractivity contribution in [1.82, 2.24) is 10.6 Å². The van der Waals surface area contributed by atoms with Gasteiger partial charge in [0.2, 0.25) is 11.8 Å². The van der Waals surface area contributed by atoms with Gasteiger partial charge in [0, 0.05) is 57.7 Å². The van der Waals surface area contributed by atoms with Crippen LogP contribution in [0.1, 0.15) is 86.1 Å². The molecule has 73 heavy (non-hydrogen) atoms. The number of carbonyl (C=O) groups is 7. The Bertz CT molecular complexity index is 2470. The smallest absolute Gasteiger partial charge is 0.306 e. The molecule has 2 N–H and O–H groups in total. The van der Waals surface area contributed by atoms with Crippen molar-refractivity contribution >= 4 is 41.1 Å². The lowest BCUT2D eigenvalue weighted by atomic mass is 9.89. The number of esters is 2. The van der Waals surface area contributed by atoms with E-state index in [1.807, 2.05) is 133 Å². The first kappa shape index (κ1) is 56.6. The van der Waals surface area contributed by atoms with E-state index in [1.54, 1.807) is 19.2 Å². The molecule has 0 aromatic heterocycles. The van der Waals surface area contributed by atoms with Crippen LogP contribution in [0.5, 0.6) is 5.75 Å². The number of nitrogens with one attached hydrogen (secondary N) is 2. The predicted molar refractivity (Wildman–Crippen MR) is 275 cm³/mol. The van der Waals surface area contributed by atoms with Gasteiger partial charge in [-0.1, -0.05) is 133 Å². The summed E-state index contributed by atoms with van der Waals surface area (Å²) in [7, 11) is 1.55. The first-order valence-corrected chi connectivity index (χ1v) is 24.9. The highest BCUT2D eigenvalue weighted by molar-refractivity contribution is 5.95. The highest BCUT2D eigenvalue weighted by Gasteiger charge is 2.33. The van der Waals surface area contributed by atoms with Gasteiger partial charge >= 0.3 is 11.9 Å². The van der Waals surface area contributed by atoms with E-state index < -0.39 is 59.9 Å². The van der Waals surface area contributed by atoms with Gasteiger partial charge in [0.25, 0.3) is 0 Å². The molecule has 5 rings (SSSR count). The Morgan fingerprint density at radius 3 is 1.51 bits per heavy atom. The van der Waals surface area contributed by atoms with Crippen LogP contribution in [0.4, 0.5) is 0 Å². The molecule has 0 aliphatic rings. The molecule has 0 aliphatic carbocycles. The predicted octanol–water partition coefficient (Wildman–Crippen LogP) is 8.25. The number of carbonyl (C=O) groups excluding carboxylic acids is 7. The van der Waals surface area contributed by atoms with Crippen molar-refractivity contribution in [3.63, 3.8) is 0 Å². The van der Waals surface area contributed by atoms with Crippen LogP contribution in [-0.2, 0) is 85.2 Å². The summed E-state index contributed by atoms with van der Waals surface area (Å²) in [6, 6.07) is 42.0. The van der Waals surface area contributed by atoms with Crippen molar-refractivity contribution in [3.8, 4) is 5.75 Å². The molecule has 2 amide bonds. The second-order valence-corrected chi connectivity index (χ2v) is 17.9. The highest BCUT2D eigenvalue weighted by Crippen LogP contribution is 2.22. The fourth-order valence-corrected chi connectivity index (χ4v) is 7.99. The lowest BCUT2D eigenvalue weighted by Gasteiger charge is -2.25. The van der Waals surface area contributed by atoms with Gasteiger partial charge in [0.1, 0.15) is 31.4 Å². The Balaban J connectivity index is 1.34. The summed E-state index contributed by atoms with van der Waals surface area (Å²) in [5, 5.41) is 5.75. The van der Waals surface area contributed by atoms with Gasteiger partial charge in [-0.25, -0.2) is 0 Å². The number of hydrogen-bond acceptors (Lipinski definition) is 12. The minimum Gasteiger partial charge on any atom is -0.489 e. The zero-order chi connectivity index (χ0) is 52.0. The summed E-state index contributed by atoms with van der Waals surface area (Å²) in [5.41, 5.74) is 4.07. The Hall–Kier alpha value is -7.29. The summed E-state index contributed by atoms with van der Waals surface area (Å²) >= 11 is 0. The van der Waals surface area contributed by atoms with E-state index in [-0.39, 0.29) is 82.8 Å². The van der Waals surface area contributed by atoms with E-state index in [1.165, 1.54) is 6.92 Å². The average Bonchev–Trinajstić information content (AvgIpc) is 3.41. The maximum absolute atomic E-state index is 14.7. The lowest BCUT2D eigenvalue weighted by molar-refractivity contribution is -0.147. The van der Waals surface area contributed by atoms with Crippen LogP contribution in [0, 0.1) is 11.8 Å². The molecule has 5 aromatic carbocycles. The normalized spacial score (nSPS) is 12.6. The number of Topliss-reactive ketones (excluding diaryl/α,β-unsaturated/α-hetero) is 3.